The summed E-state index contributed by atoms with van der Waals surface area (Å²) in [5, 5.41) is 11.0. The third-order valence-corrected chi connectivity index (χ3v) is 10.6. The fraction of sp³-hybridized carbons (Fsp3) is 0.459. The van der Waals surface area contributed by atoms with Crippen molar-refractivity contribution in [2.45, 2.75) is 69.5 Å². The minimum absolute atomic E-state index is 0.101. The number of fused-ring (bicyclic) bond motifs is 2. The van der Waals surface area contributed by atoms with Crippen molar-refractivity contribution in [1.82, 2.24) is 9.80 Å². The molecule has 2 saturated heterocycles. The van der Waals surface area contributed by atoms with E-state index in [2.05, 4.69) is 0 Å². The fourth-order valence-corrected chi connectivity index (χ4v) is 7.93. The first-order valence-corrected chi connectivity index (χ1v) is 16.9. The molecule has 0 radical (unpaired) electrons. The lowest BCUT2D eigenvalue weighted by molar-refractivity contribution is -0.164. The number of aliphatic hydroxyl groups is 1. The first kappa shape index (κ1) is 33.9. The summed E-state index contributed by atoms with van der Waals surface area (Å²) in [5.41, 5.74) is -0.372. The van der Waals surface area contributed by atoms with Gasteiger partial charge >= 0.3 is 5.97 Å². The largest absolute Gasteiger partial charge is 0.455 e. The summed E-state index contributed by atoms with van der Waals surface area (Å²) in [6, 6.07) is 13.7. The molecule has 4 aliphatic heterocycles. The number of para-hydroxylation sites is 1. The van der Waals surface area contributed by atoms with Crippen LogP contribution in [0, 0.1) is 17.8 Å². The first-order valence-electron chi connectivity index (χ1n) is 16.5. The summed E-state index contributed by atoms with van der Waals surface area (Å²) in [6.45, 7) is 5.34. The smallest absolute Gasteiger partial charge is 0.313 e. The Morgan fingerprint density at radius 2 is 1.71 bits per heavy atom. The van der Waals surface area contributed by atoms with E-state index in [-0.39, 0.29) is 24.8 Å². The molecule has 0 saturated carbocycles. The summed E-state index contributed by atoms with van der Waals surface area (Å²) in [7, 11) is 1.69. The van der Waals surface area contributed by atoms with Gasteiger partial charge in [-0.25, -0.2) is 0 Å². The van der Waals surface area contributed by atoms with Crippen LogP contribution in [0.4, 0.5) is 5.69 Å². The Bertz CT molecular complexity index is 1630. The van der Waals surface area contributed by atoms with Gasteiger partial charge < -0.3 is 29.3 Å². The molecule has 4 heterocycles. The second-order valence-corrected chi connectivity index (χ2v) is 13.8. The number of esters is 1. The van der Waals surface area contributed by atoms with Crippen LogP contribution in [0.25, 0.3) is 0 Å². The maximum absolute atomic E-state index is 14.8. The van der Waals surface area contributed by atoms with E-state index in [1.54, 1.807) is 60.5 Å². The van der Waals surface area contributed by atoms with Crippen molar-refractivity contribution in [2.75, 3.05) is 25.1 Å². The predicted molar refractivity (Wildman–Crippen MR) is 180 cm³/mol. The minimum Gasteiger partial charge on any atom is -0.455 e. The number of aliphatic hydroxyl groups excluding tert-OH is 1. The number of cyclic esters (lactones) is 1. The Kier molecular flexibility index (Phi) is 9.53. The third-order valence-electron chi connectivity index (χ3n) is 10.3. The van der Waals surface area contributed by atoms with Gasteiger partial charge in [-0.2, -0.15) is 0 Å². The van der Waals surface area contributed by atoms with E-state index >= 15 is 0 Å². The van der Waals surface area contributed by atoms with Crippen LogP contribution in [0.1, 0.15) is 45.3 Å². The molecule has 4 aliphatic rings. The van der Waals surface area contributed by atoms with E-state index in [4.69, 9.17) is 21.1 Å². The number of amides is 3. The molecule has 2 aromatic rings. The van der Waals surface area contributed by atoms with Gasteiger partial charge in [-0.05, 0) is 37.0 Å². The number of carbonyl (C=O) groups is 4. The highest BCUT2D eigenvalue weighted by molar-refractivity contribution is 6.34. The van der Waals surface area contributed by atoms with Crippen LogP contribution in [0.3, 0.4) is 0 Å². The zero-order chi connectivity index (χ0) is 34.3. The molecule has 1 N–H and O–H groups in total. The maximum atomic E-state index is 14.8. The van der Waals surface area contributed by atoms with Crippen LogP contribution >= 0.6 is 11.6 Å². The van der Waals surface area contributed by atoms with Crippen molar-refractivity contribution < 1.29 is 33.8 Å². The van der Waals surface area contributed by atoms with E-state index in [9.17, 15) is 24.3 Å². The standard InChI is InChI=1S/C37H42ClN3O7/c1-22(2)27(21-42)41-33-35(45)40(26-16-9-8-15-25(26)38)20-12-19-37(33)31(34(41)44)30-28(48-37)17-10-11-18-29(43)39(4)23(3)32(47-36(30)46)24-13-6-5-7-14-24/h5-10,12-17,19,22-23,27-28,30-33,42H,11,18,20-21H2,1-4H3/b17-10-/t23-,27-,28-,30+,31+,32+,33-,37+/m0/s1. The van der Waals surface area contributed by atoms with Crippen LogP contribution in [-0.2, 0) is 28.7 Å². The number of rotatable bonds is 5. The number of allylic oxidation sites excluding steroid dienone is 1. The molecule has 0 aromatic heterocycles. The van der Waals surface area contributed by atoms with Gasteiger partial charge in [0, 0.05) is 20.0 Å². The number of ether oxygens (including phenoxy) is 2. The van der Waals surface area contributed by atoms with Crippen molar-refractivity contribution in [1.29, 1.82) is 0 Å². The molecule has 48 heavy (non-hydrogen) atoms. The molecular weight excluding hydrogens is 634 g/mol. The van der Waals surface area contributed by atoms with Gasteiger partial charge in [-0.3, -0.25) is 19.2 Å². The fourth-order valence-electron chi connectivity index (χ4n) is 7.69. The lowest BCUT2D eigenvalue weighted by Gasteiger charge is -2.40. The van der Waals surface area contributed by atoms with Crippen molar-refractivity contribution in [3.63, 3.8) is 0 Å². The minimum atomic E-state index is -1.55. The van der Waals surface area contributed by atoms with Crippen LogP contribution in [0.2, 0.25) is 5.02 Å². The molecule has 0 aliphatic carbocycles. The van der Waals surface area contributed by atoms with Gasteiger partial charge in [0.15, 0.2) is 0 Å². The van der Waals surface area contributed by atoms with Gasteiger partial charge in [0.25, 0.3) is 5.91 Å². The zero-order valence-electron chi connectivity index (χ0n) is 27.6. The number of anilines is 1. The average Bonchev–Trinajstić information content (AvgIpc) is 3.46. The van der Waals surface area contributed by atoms with E-state index in [0.29, 0.717) is 22.7 Å². The van der Waals surface area contributed by atoms with E-state index in [1.165, 1.54) is 9.80 Å². The summed E-state index contributed by atoms with van der Waals surface area (Å²) in [5.74, 6) is -4.13. The van der Waals surface area contributed by atoms with Crippen molar-refractivity contribution in [3.8, 4) is 0 Å². The maximum Gasteiger partial charge on any atom is 0.313 e. The number of hydrogen-bond donors (Lipinski definition) is 1. The quantitative estimate of drug-likeness (QED) is 0.371. The van der Waals surface area contributed by atoms with E-state index in [0.717, 1.165) is 0 Å². The molecule has 1 spiro atoms. The predicted octanol–water partition coefficient (Wildman–Crippen LogP) is 4.32. The molecule has 0 bridgehead atoms. The number of likely N-dealkylation sites (tertiary alicyclic amines) is 1. The van der Waals surface area contributed by atoms with Crippen LogP contribution in [0.15, 0.2) is 78.9 Å². The van der Waals surface area contributed by atoms with Gasteiger partial charge in [0.05, 0.1) is 41.4 Å². The van der Waals surface area contributed by atoms with Crippen molar-refractivity contribution in [3.05, 3.63) is 89.5 Å². The normalized spacial score (nSPS) is 32.2. The Morgan fingerprint density at radius 1 is 1.00 bits per heavy atom. The lowest BCUT2D eigenvalue weighted by Crippen LogP contribution is -2.59. The molecule has 2 aromatic carbocycles. The molecule has 3 amide bonds. The zero-order valence-corrected chi connectivity index (χ0v) is 28.3. The molecule has 10 nitrogen and oxygen atoms in total. The number of nitrogens with zero attached hydrogens (tertiary/aromatic N) is 3. The Morgan fingerprint density at radius 3 is 2.40 bits per heavy atom. The third kappa shape index (κ3) is 5.63. The number of likely N-dealkylation sites (N-methyl/N-ethyl adjacent to an activating group) is 1. The molecule has 2 fully saturated rings. The average molecular weight is 676 g/mol. The monoisotopic (exact) mass is 675 g/mol. The topological polar surface area (TPSA) is 117 Å². The Labute approximate surface area is 285 Å². The van der Waals surface area contributed by atoms with E-state index < -0.39 is 72.2 Å². The molecule has 0 unspecified atom stereocenters. The van der Waals surface area contributed by atoms with Gasteiger partial charge in [0.1, 0.15) is 23.7 Å². The number of hydrogen-bond acceptors (Lipinski definition) is 7. The highest BCUT2D eigenvalue weighted by Gasteiger charge is 2.73. The van der Waals surface area contributed by atoms with E-state index in [1.807, 2.05) is 51.1 Å². The first-order chi connectivity index (χ1) is 23.0. The van der Waals surface area contributed by atoms with Crippen molar-refractivity contribution >= 4 is 41.0 Å². The molecule has 6 rings (SSSR count). The summed E-state index contributed by atoms with van der Waals surface area (Å²) in [6.07, 6.45) is 5.88. The molecule has 11 heteroatoms. The highest BCUT2D eigenvalue weighted by atomic mass is 35.5. The molecule has 254 valence electrons. The number of carbonyl (C=O) groups excluding carboxylic acids is 4. The Balaban J connectivity index is 1.49. The molecule has 8 atom stereocenters. The van der Waals surface area contributed by atoms with Crippen LogP contribution in [-0.4, -0.2) is 88.6 Å². The number of halogens is 1. The summed E-state index contributed by atoms with van der Waals surface area (Å²) < 4.78 is 13.1. The second kappa shape index (κ2) is 13.5. The van der Waals surface area contributed by atoms with Gasteiger partial charge in [-0.1, -0.05) is 92.2 Å². The second-order valence-electron chi connectivity index (χ2n) is 13.4. The highest BCUT2D eigenvalue weighted by Crippen LogP contribution is 2.54. The number of benzene rings is 2. The lowest BCUT2D eigenvalue weighted by atomic mass is 9.77. The summed E-state index contributed by atoms with van der Waals surface area (Å²) in [4.78, 5) is 61.9. The van der Waals surface area contributed by atoms with Crippen LogP contribution < -0.4 is 4.90 Å². The summed E-state index contributed by atoms with van der Waals surface area (Å²) >= 11 is 6.58. The van der Waals surface area contributed by atoms with Gasteiger partial charge in [-0.15, -0.1) is 0 Å². The van der Waals surface area contributed by atoms with Crippen LogP contribution in [0.5, 0.6) is 0 Å². The Hall–Kier alpha value is -3.99. The van der Waals surface area contributed by atoms with Crippen molar-refractivity contribution in [2.24, 2.45) is 17.8 Å². The SMILES string of the molecule is CC(C)[C@H](CO)N1C(=O)[C@H]2[C@@H]3C(=O)O[C@@H](c4ccccc4)[C@H](C)N(C)C(=O)CC/C=C\[C@@H]3O[C@]23C=CCN(c2ccccc2Cl)C(=O)[C@H]13. The van der Waals surface area contributed by atoms with Gasteiger partial charge in [0.2, 0.25) is 11.8 Å². The molecular formula is C37H42ClN3O7.